The van der Waals surface area contributed by atoms with E-state index in [0.717, 1.165) is 11.8 Å². The third-order valence-electron chi connectivity index (χ3n) is 4.08. The maximum atomic E-state index is 12.1. The van der Waals surface area contributed by atoms with Crippen LogP contribution in [-0.2, 0) is 19.6 Å². The van der Waals surface area contributed by atoms with Crippen LogP contribution in [0.5, 0.6) is 0 Å². The maximum Gasteiger partial charge on any atom is 0.337 e. The van der Waals surface area contributed by atoms with Gasteiger partial charge in [0.2, 0.25) is 15.9 Å². The lowest BCUT2D eigenvalue weighted by molar-refractivity contribution is -0.116. The SMILES string of the molecule is COC(=O)c1ccc(NC(=O)CCCN(c2ccc(C)cc2)S(C)(=O)=O)cc1. The van der Waals surface area contributed by atoms with Crippen LogP contribution >= 0.6 is 0 Å². The Morgan fingerprint density at radius 3 is 2.18 bits per heavy atom. The lowest BCUT2D eigenvalue weighted by Crippen LogP contribution is -2.31. The molecule has 150 valence electrons. The quantitative estimate of drug-likeness (QED) is 0.683. The zero-order chi connectivity index (χ0) is 20.7. The molecule has 8 heteroatoms. The summed E-state index contributed by atoms with van der Waals surface area (Å²) in [6.45, 7) is 2.13. The van der Waals surface area contributed by atoms with Gasteiger partial charge in [-0.1, -0.05) is 17.7 Å². The number of rotatable bonds is 8. The van der Waals surface area contributed by atoms with Crippen LogP contribution in [-0.4, -0.2) is 40.2 Å². The minimum atomic E-state index is -3.45. The van der Waals surface area contributed by atoms with Crippen LogP contribution in [0.3, 0.4) is 0 Å². The monoisotopic (exact) mass is 404 g/mol. The molecule has 0 unspecified atom stereocenters. The molecular weight excluding hydrogens is 380 g/mol. The molecule has 1 amide bonds. The highest BCUT2D eigenvalue weighted by atomic mass is 32.2. The van der Waals surface area contributed by atoms with Gasteiger partial charge in [0.05, 0.1) is 24.6 Å². The minimum absolute atomic E-state index is 0.163. The number of carbonyl (C=O) groups is 2. The molecule has 1 N–H and O–H groups in total. The number of nitrogens with zero attached hydrogens (tertiary/aromatic N) is 1. The smallest absolute Gasteiger partial charge is 0.337 e. The van der Waals surface area contributed by atoms with E-state index in [4.69, 9.17) is 0 Å². The molecule has 0 radical (unpaired) electrons. The summed E-state index contributed by atoms with van der Waals surface area (Å²) >= 11 is 0. The summed E-state index contributed by atoms with van der Waals surface area (Å²) in [5.74, 6) is -0.682. The van der Waals surface area contributed by atoms with Gasteiger partial charge < -0.3 is 10.1 Å². The Labute approximate surface area is 165 Å². The largest absolute Gasteiger partial charge is 0.465 e. The summed E-state index contributed by atoms with van der Waals surface area (Å²) in [4.78, 5) is 23.5. The molecular formula is C20H24N2O5S. The van der Waals surface area contributed by atoms with Crippen LogP contribution in [0.15, 0.2) is 48.5 Å². The molecule has 2 rings (SSSR count). The Hall–Kier alpha value is -2.87. The van der Waals surface area contributed by atoms with E-state index in [9.17, 15) is 18.0 Å². The van der Waals surface area contributed by atoms with E-state index in [1.54, 1.807) is 36.4 Å². The van der Waals surface area contributed by atoms with Crippen LogP contribution < -0.4 is 9.62 Å². The van der Waals surface area contributed by atoms with E-state index in [-0.39, 0.29) is 18.9 Å². The van der Waals surface area contributed by atoms with Gasteiger partial charge in [-0.3, -0.25) is 9.10 Å². The van der Waals surface area contributed by atoms with Gasteiger partial charge >= 0.3 is 5.97 Å². The normalized spacial score (nSPS) is 11.0. The molecule has 2 aromatic carbocycles. The topological polar surface area (TPSA) is 92.8 Å². The van der Waals surface area contributed by atoms with Crippen molar-refractivity contribution in [3.8, 4) is 0 Å². The number of hydrogen-bond acceptors (Lipinski definition) is 5. The predicted octanol–water partition coefficient (Wildman–Crippen LogP) is 2.97. The van der Waals surface area contributed by atoms with Crippen molar-refractivity contribution in [2.24, 2.45) is 0 Å². The number of carbonyl (C=O) groups excluding carboxylic acids is 2. The molecule has 2 aromatic rings. The summed E-state index contributed by atoms with van der Waals surface area (Å²) < 4.78 is 30.1. The fourth-order valence-corrected chi connectivity index (χ4v) is 3.58. The number of hydrogen-bond donors (Lipinski definition) is 1. The summed E-state index contributed by atoms with van der Waals surface area (Å²) in [6.07, 6.45) is 1.68. The van der Waals surface area contributed by atoms with Gasteiger partial charge in [-0.2, -0.15) is 0 Å². The van der Waals surface area contributed by atoms with Crippen LogP contribution in [0, 0.1) is 6.92 Å². The Kier molecular flexibility index (Phi) is 7.17. The highest BCUT2D eigenvalue weighted by Gasteiger charge is 2.17. The minimum Gasteiger partial charge on any atom is -0.465 e. The zero-order valence-electron chi connectivity index (χ0n) is 16.1. The first-order valence-corrected chi connectivity index (χ1v) is 10.6. The van der Waals surface area contributed by atoms with Crippen molar-refractivity contribution in [3.05, 3.63) is 59.7 Å². The Morgan fingerprint density at radius 1 is 1.04 bits per heavy atom. The lowest BCUT2D eigenvalue weighted by atomic mass is 10.2. The zero-order valence-corrected chi connectivity index (χ0v) is 17.0. The second-order valence-electron chi connectivity index (χ2n) is 6.39. The molecule has 0 saturated heterocycles. The van der Waals surface area contributed by atoms with Crippen molar-refractivity contribution in [1.82, 2.24) is 0 Å². The number of ether oxygens (including phenoxy) is 1. The maximum absolute atomic E-state index is 12.1. The number of sulfonamides is 1. The molecule has 28 heavy (non-hydrogen) atoms. The highest BCUT2D eigenvalue weighted by molar-refractivity contribution is 7.92. The van der Waals surface area contributed by atoms with Crippen LogP contribution in [0.1, 0.15) is 28.8 Å². The van der Waals surface area contributed by atoms with Crippen LogP contribution in [0.2, 0.25) is 0 Å². The third-order valence-corrected chi connectivity index (χ3v) is 5.27. The number of benzene rings is 2. The molecule has 0 heterocycles. The third kappa shape index (κ3) is 6.09. The van der Waals surface area contributed by atoms with Crippen LogP contribution in [0.25, 0.3) is 0 Å². The van der Waals surface area contributed by atoms with Crippen molar-refractivity contribution in [2.45, 2.75) is 19.8 Å². The van der Waals surface area contributed by atoms with Crippen molar-refractivity contribution < 1.29 is 22.7 Å². The highest BCUT2D eigenvalue weighted by Crippen LogP contribution is 2.19. The van der Waals surface area contributed by atoms with E-state index in [0.29, 0.717) is 23.4 Å². The van der Waals surface area contributed by atoms with E-state index in [1.807, 2.05) is 19.1 Å². The Bertz CT molecular complexity index is 922. The van der Waals surface area contributed by atoms with Gasteiger partial charge in [0.1, 0.15) is 0 Å². The average Bonchev–Trinajstić information content (AvgIpc) is 2.65. The van der Waals surface area contributed by atoms with E-state index in [2.05, 4.69) is 10.1 Å². The first kappa shape index (κ1) is 21.4. The van der Waals surface area contributed by atoms with Crippen molar-refractivity contribution in [3.63, 3.8) is 0 Å². The number of anilines is 2. The van der Waals surface area contributed by atoms with E-state index >= 15 is 0 Å². The number of esters is 1. The predicted molar refractivity (Wildman–Crippen MR) is 109 cm³/mol. The first-order valence-electron chi connectivity index (χ1n) is 8.73. The van der Waals surface area contributed by atoms with Gasteiger partial charge in [-0.05, 0) is 49.7 Å². The molecule has 0 aliphatic rings. The number of aryl methyl sites for hydroxylation is 1. The summed E-state index contributed by atoms with van der Waals surface area (Å²) in [5, 5.41) is 2.73. The number of amides is 1. The first-order chi connectivity index (χ1) is 13.2. The molecule has 0 aliphatic heterocycles. The molecule has 0 bridgehead atoms. The fraction of sp³-hybridized carbons (Fsp3) is 0.300. The molecule has 0 atom stereocenters. The lowest BCUT2D eigenvalue weighted by Gasteiger charge is -2.22. The van der Waals surface area contributed by atoms with Gasteiger partial charge in [0, 0.05) is 18.7 Å². The molecule has 7 nitrogen and oxygen atoms in total. The van der Waals surface area contributed by atoms with Crippen LogP contribution in [0.4, 0.5) is 11.4 Å². The fourth-order valence-electron chi connectivity index (χ4n) is 2.61. The molecule has 0 aromatic heterocycles. The summed E-state index contributed by atoms with van der Waals surface area (Å²) in [7, 11) is -2.15. The summed E-state index contributed by atoms with van der Waals surface area (Å²) in [5.41, 5.74) is 2.56. The van der Waals surface area contributed by atoms with E-state index < -0.39 is 16.0 Å². The standard InChI is InChI=1S/C20H24N2O5S/c1-15-6-12-18(13-7-15)22(28(3,25)26)14-4-5-19(23)21-17-10-8-16(9-11-17)20(24)27-2/h6-13H,4-5,14H2,1-3H3,(H,21,23). The van der Waals surface area contributed by atoms with Crippen molar-refractivity contribution >= 4 is 33.3 Å². The Balaban J connectivity index is 1.92. The van der Waals surface area contributed by atoms with Gasteiger partial charge in [0.15, 0.2) is 0 Å². The van der Waals surface area contributed by atoms with E-state index in [1.165, 1.54) is 11.4 Å². The van der Waals surface area contributed by atoms with Gasteiger partial charge in [-0.15, -0.1) is 0 Å². The van der Waals surface area contributed by atoms with Crippen molar-refractivity contribution in [2.75, 3.05) is 29.5 Å². The Morgan fingerprint density at radius 2 is 1.64 bits per heavy atom. The van der Waals surface area contributed by atoms with Gasteiger partial charge in [0.25, 0.3) is 0 Å². The van der Waals surface area contributed by atoms with Crippen molar-refractivity contribution in [1.29, 1.82) is 0 Å². The number of nitrogens with one attached hydrogen (secondary N) is 1. The molecule has 0 fully saturated rings. The molecule has 0 saturated carbocycles. The number of methoxy groups -OCH3 is 1. The molecule has 0 spiro atoms. The average molecular weight is 404 g/mol. The second-order valence-corrected chi connectivity index (χ2v) is 8.30. The summed E-state index contributed by atoms with van der Waals surface area (Å²) in [6, 6.07) is 13.5. The molecule has 0 aliphatic carbocycles. The second kappa shape index (κ2) is 9.36. The van der Waals surface area contributed by atoms with Gasteiger partial charge in [-0.25, -0.2) is 13.2 Å².